The van der Waals surface area contributed by atoms with Crippen molar-refractivity contribution in [3.8, 4) is 0 Å². The van der Waals surface area contributed by atoms with E-state index in [4.69, 9.17) is 0 Å². The molecule has 0 radical (unpaired) electrons. The molecule has 4 heteroatoms. The summed E-state index contributed by atoms with van der Waals surface area (Å²) >= 11 is 0. The van der Waals surface area contributed by atoms with Crippen molar-refractivity contribution in [3.05, 3.63) is 48.2 Å². The lowest BCUT2D eigenvalue weighted by molar-refractivity contribution is -0.135. The minimum absolute atomic E-state index is 0.405. The van der Waals surface area contributed by atoms with Crippen LogP contribution in [-0.2, 0) is 16.1 Å². The molecule has 0 aliphatic carbocycles. The molecule has 22 heavy (non-hydrogen) atoms. The number of methoxy groups -OCH3 is 1. The first-order valence-electron chi connectivity index (χ1n) is 7.39. The van der Waals surface area contributed by atoms with E-state index in [-0.39, 0.29) is 0 Å². The van der Waals surface area contributed by atoms with Gasteiger partial charge in [-0.1, -0.05) is 23.8 Å². The number of benzene rings is 1. The second kappa shape index (κ2) is 7.07. The first kappa shape index (κ1) is 16.0. The lowest BCUT2D eigenvalue weighted by atomic mass is 10.1. The maximum absolute atomic E-state index is 12.1. The third-order valence-electron chi connectivity index (χ3n) is 3.66. The molecule has 0 saturated heterocycles. The number of ketones is 1. The molecular weight excluding hydrogens is 278 g/mol. The standard InChI is InChI=1S/C18H21NO3/c1-13(2)8-6-7-11-19-12-15(17(20)18(21)22-3)14-9-4-5-10-16(14)19/h4-5,9-10,12H,1,6-8,11H2,2-3H3. The quantitative estimate of drug-likeness (QED) is 0.257. The van der Waals surface area contributed by atoms with E-state index in [1.165, 1.54) is 12.7 Å². The number of hydrogen-bond acceptors (Lipinski definition) is 3. The molecule has 0 saturated carbocycles. The van der Waals surface area contributed by atoms with Gasteiger partial charge in [-0.05, 0) is 32.3 Å². The number of carbonyl (C=O) groups excluding carboxylic acids is 2. The summed E-state index contributed by atoms with van der Waals surface area (Å²) in [5, 5.41) is 0.790. The Balaban J connectivity index is 2.26. The topological polar surface area (TPSA) is 48.3 Å². The second-order valence-electron chi connectivity index (χ2n) is 5.49. The average Bonchev–Trinajstić information content (AvgIpc) is 2.89. The number of hydrogen-bond donors (Lipinski definition) is 0. The molecule has 0 aliphatic rings. The molecule has 0 amide bonds. The van der Waals surface area contributed by atoms with E-state index < -0.39 is 11.8 Å². The molecule has 0 atom stereocenters. The van der Waals surface area contributed by atoms with Crippen molar-refractivity contribution in [2.75, 3.05) is 7.11 Å². The Hall–Kier alpha value is -2.36. The number of para-hydroxylation sites is 1. The zero-order valence-corrected chi connectivity index (χ0v) is 13.1. The van der Waals surface area contributed by atoms with Crippen LogP contribution in [0.3, 0.4) is 0 Å². The van der Waals surface area contributed by atoms with E-state index >= 15 is 0 Å². The molecule has 1 aromatic carbocycles. The molecule has 1 heterocycles. The predicted octanol–water partition coefficient (Wildman–Crippen LogP) is 3.74. The number of Topliss-reactive ketones (excluding diaryl/α,β-unsaturated/α-hetero) is 1. The van der Waals surface area contributed by atoms with Gasteiger partial charge in [-0.15, -0.1) is 6.58 Å². The maximum atomic E-state index is 12.1. The maximum Gasteiger partial charge on any atom is 0.379 e. The van der Waals surface area contributed by atoms with Crippen LogP contribution >= 0.6 is 0 Å². The fourth-order valence-electron chi connectivity index (χ4n) is 2.52. The van der Waals surface area contributed by atoms with Crippen molar-refractivity contribution in [1.29, 1.82) is 0 Å². The monoisotopic (exact) mass is 299 g/mol. The van der Waals surface area contributed by atoms with Crippen LogP contribution in [0.25, 0.3) is 10.9 Å². The van der Waals surface area contributed by atoms with Crippen molar-refractivity contribution in [2.24, 2.45) is 0 Å². The largest absolute Gasteiger partial charge is 0.463 e. The lowest BCUT2D eigenvalue weighted by Gasteiger charge is -2.05. The van der Waals surface area contributed by atoms with Gasteiger partial charge >= 0.3 is 5.97 Å². The molecule has 1 aromatic heterocycles. The molecule has 0 bridgehead atoms. The van der Waals surface area contributed by atoms with Crippen LogP contribution in [-0.4, -0.2) is 23.4 Å². The Bertz CT molecular complexity index is 712. The Morgan fingerprint density at radius 1 is 1.23 bits per heavy atom. The zero-order valence-electron chi connectivity index (χ0n) is 13.1. The van der Waals surface area contributed by atoms with Gasteiger partial charge in [0.1, 0.15) is 0 Å². The van der Waals surface area contributed by atoms with Crippen molar-refractivity contribution < 1.29 is 14.3 Å². The van der Waals surface area contributed by atoms with Crippen molar-refractivity contribution in [1.82, 2.24) is 4.57 Å². The summed E-state index contributed by atoms with van der Waals surface area (Å²) in [4.78, 5) is 23.6. The van der Waals surface area contributed by atoms with E-state index in [0.717, 1.165) is 36.7 Å². The van der Waals surface area contributed by atoms with E-state index in [0.29, 0.717) is 5.56 Å². The number of aryl methyl sites for hydroxylation is 1. The number of aromatic nitrogens is 1. The van der Waals surface area contributed by atoms with Crippen LogP contribution in [0.1, 0.15) is 36.5 Å². The predicted molar refractivity (Wildman–Crippen MR) is 86.9 cm³/mol. The first-order chi connectivity index (χ1) is 10.5. The van der Waals surface area contributed by atoms with Gasteiger partial charge in [0.2, 0.25) is 0 Å². The number of esters is 1. The molecule has 4 nitrogen and oxygen atoms in total. The number of rotatable bonds is 7. The molecule has 2 rings (SSSR count). The molecular formula is C18H21NO3. The zero-order chi connectivity index (χ0) is 16.1. The fraction of sp³-hybridized carbons (Fsp3) is 0.333. The number of fused-ring (bicyclic) bond motifs is 1. The summed E-state index contributed by atoms with van der Waals surface area (Å²) in [7, 11) is 1.22. The molecule has 116 valence electrons. The summed E-state index contributed by atoms with van der Waals surface area (Å²) in [6.07, 6.45) is 4.82. The van der Waals surface area contributed by atoms with Crippen LogP contribution in [0, 0.1) is 0 Å². The van der Waals surface area contributed by atoms with Gasteiger partial charge < -0.3 is 9.30 Å². The van der Waals surface area contributed by atoms with E-state index in [9.17, 15) is 9.59 Å². The SMILES string of the molecule is C=C(C)CCCCn1cc(C(=O)C(=O)OC)c2ccccc21. The van der Waals surface area contributed by atoms with Crippen LogP contribution in [0.15, 0.2) is 42.6 Å². The summed E-state index contributed by atoms with van der Waals surface area (Å²) in [6.45, 7) is 6.74. The minimum atomic E-state index is -0.829. The highest BCUT2D eigenvalue weighted by molar-refractivity contribution is 6.42. The van der Waals surface area contributed by atoms with Crippen molar-refractivity contribution in [3.63, 3.8) is 0 Å². The third kappa shape index (κ3) is 3.45. The summed E-state index contributed by atoms with van der Waals surface area (Å²) in [5.41, 5.74) is 2.55. The number of ether oxygens (including phenoxy) is 1. The van der Waals surface area contributed by atoms with Gasteiger partial charge in [-0.2, -0.15) is 0 Å². The fourth-order valence-corrected chi connectivity index (χ4v) is 2.52. The first-order valence-corrected chi connectivity index (χ1v) is 7.39. The Labute approximate surface area is 130 Å². The highest BCUT2D eigenvalue weighted by atomic mass is 16.5. The molecule has 2 aromatic rings. The minimum Gasteiger partial charge on any atom is -0.463 e. The van der Waals surface area contributed by atoms with E-state index in [1.54, 1.807) is 6.20 Å². The summed E-state index contributed by atoms with van der Waals surface area (Å²) < 4.78 is 6.57. The molecule has 0 N–H and O–H groups in total. The van der Waals surface area contributed by atoms with Gasteiger partial charge in [-0.25, -0.2) is 4.79 Å². The number of allylic oxidation sites excluding steroid dienone is 1. The normalized spacial score (nSPS) is 10.6. The van der Waals surface area contributed by atoms with Gasteiger partial charge in [0, 0.05) is 23.6 Å². The Morgan fingerprint density at radius 2 is 1.95 bits per heavy atom. The van der Waals surface area contributed by atoms with Crippen LogP contribution < -0.4 is 0 Å². The van der Waals surface area contributed by atoms with Crippen LogP contribution in [0.2, 0.25) is 0 Å². The van der Waals surface area contributed by atoms with E-state index in [1.807, 2.05) is 35.8 Å². The highest BCUT2D eigenvalue weighted by Crippen LogP contribution is 2.23. The van der Waals surface area contributed by atoms with Gasteiger partial charge in [0.05, 0.1) is 12.7 Å². The summed E-state index contributed by atoms with van der Waals surface area (Å²) in [5.74, 6) is -1.43. The van der Waals surface area contributed by atoms with Gasteiger partial charge in [0.25, 0.3) is 5.78 Å². The van der Waals surface area contributed by atoms with E-state index in [2.05, 4.69) is 11.3 Å². The highest BCUT2D eigenvalue weighted by Gasteiger charge is 2.21. The van der Waals surface area contributed by atoms with Crippen LogP contribution in [0.5, 0.6) is 0 Å². The third-order valence-corrected chi connectivity index (χ3v) is 3.66. The lowest BCUT2D eigenvalue weighted by Crippen LogP contribution is -2.15. The smallest absolute Gasteiger partial charge is 0.379 e. The van der Waals surface area contributed by atoms with Gasteiger partial charge in [-0.3, -0.25) is 4.79 Å². The van der Waals surface area contributed by atoms with Crippen molar-refractivity contribution in [2.45, 2.75) is 32.7 Å². The molecule has 0 fully saturated rings. The van der Waals surface area contributed by atoms with Crippen molar-refractivity contribution >= 4 is 22.7 Å². The molecule has 0 unspecified atom stereocenters. The number of nitrogens with zero attached hydrogens (tertiary/aromatic N) is 1. The molecule has 0 spiro atoms. The summed E-state index contributed by atoms with van der Waals surface area (Å²) in [6, 6.07) is 7.61. The number of unbranched alkanes of at least 4 members (excludes halogenated alkanes) is 1. The average molecular weight is 299 g/mol. The Morgan fingerprint density at radius 3 is 2.64 bits per heavy atom. The van der Waals surface area contributed by atoms with Crippen LogP contribution in [0.4, 0.5) is 0 Å². The Kier molecular flexibility index (Phi) is 5.15. The second-order valence-corrected chi connectivity index (χ2v) is 5.49. The van der Waals surface area contributed by atoms with Gasteiger partial charge in [0.15, 0.2) is 0 Å². The number of carbonyl (C=O) groups is 2. The molecule has 0 aliphatic heterocycles.